The summed E-state index contributed by atoms with van der Waals surface area (Å²) in [6.07, 6.45) is 7.59. The second kappa shape index (κ2) is 9.90. The van der Waals surface area contributed by atoms with Gasteiger partial charge in [0.1, 0.15) is 22.2 Å². The number of aromatic nitrogens is 2. The van der Waals surface area contributed by atoms with E-state index in [-0.39, 0.29) is 28.4 Å². The van der Waals surface area contributed by atoms with Gasteiger partial charge in [-0.05, 0) is 75.9 Å². The zero-order valence-corrected chi connectivity index (χ0v) is 20.0. The van der Waals surface area contributed by atoms with Crippen molar-refractivity contribution in [3.8, 4) is 0 Å². The molecular weight excluding hydrogens is 477 g/mol. The van der Waals surface area contributed by atoms with E-state index >= 15 is 0 Å². The minimum absolute atomic E-state index is 0.0550. The number of hydrogen-bond acceptors (Lipinski definition) is 6. The lowest BCUT2D eigenvalue weighted by Gasteiger charge is -2.33. The van der Waals surface area contributed by atoms with Crippen LogP contribution in [0, 0.1) is 5.92 Å². The highest BCUT2D eigenvalue weighted by Crippen LogP contribution is 2.34. The van der Waals surface area contributed by atoms with Crippen molar-refractivity contribution in [1.82, 2.24) is 14.9 Å². The Hall–Kier alpha value is -2.68. The topological polar surface area (TPSA) is 100 Å². The van der Waals surface area contributed by atoms with Gasteiger partial charge in [-0.15, -0.1) is 0 Å². The molecule has 34 heavy (non-hydrogen) atoms. The van der Waals surface area contributed by atoms with E-state index in [1.807, 2.05) is 0 Å². The third-order valence-electron chi connectivity index (χ3n) is 6.65. The number of hydrogen-bond donors (Lipinski definition) is 2. The number of nitrogens with one attached hydrogen (secondary N) is 2. The van der Waals surface area contributed by atoms with Crippen molar-refractivity contribution in [2.75, 3.05) is 23.7 Å². The highest BCUT2D eigenvalue weighted by Gasteiger charge is 2.32. The zero-order valence-electron chi connectivity index (χ0n) is 18.5. The molecule has 178 valence electrons. The molecule has 0 radical (unpaired) electrons. The van der Waals surface area contributed by atoms with E-state index in [1.165, 1.54) is 19.0 Å². The van der Waals surface area contributed by atoms with Gasteiger partial charge in [-0.3, -0.25) is 9.59 Å². The number of fused-ring (bicyclic) bond motifs is 1. The number of carbonyl (C=O) groups is 2. The van der Waals surface area contributed by atoms with Gasteiger partial charge in [0.25, 0.3) is 5.91 Å². The van der Waals surface area contributed by atoms with Crippen molar-refractivity contribution in [3.63, 3.8) is 0 Å². The molecule has 0 unspecified atom stereocenters. The van der Waals surface area contributed by atoms with Crippen LogP contribution in [0.5, 0.6) is 0 Å². The average molecular weight is 502 g/mol. The van der Waals surface area contributed by atoms with E-state index in [0.717, 1.165) is 38.8 Å². The van der Waals surface area contributed by atoms with Gasteiger partial charge >= 0.3 is 0 Å². The Balaban J connectivity index is 1.35. The molecule has 3 aromatic heterocycles. The fraction of sp³-hybridized carbons (Fsp3) is 0.417. The van der Waals surface area contributed by atoms with E-state index in [0.29, 0.717) is 28.0 Å². The molecule has 0 atom stereocenters. The van der Waals surface area contributed by atoms with Gasteiger partial charge in [0.2, 0.25) is 11.7 Å². The van der Waals surface area contributed by atoms with Gasteiger partial charge in [0.15, 0.2) is 5.58 Å². The lowest BCUT2D eigenvalue weighted by atomic mass is 9.85. The summed E-state index contributed by atoms with van der Waals surface area (Å²) in [5.41, 5.74) is 0.906. The standard InChI is InChI=1S/C24H25Cl2N5O3/c25-15-5-10-19(27-13-15)29-24(33)22-21(20-17(34-22)8-9-18(26)28-20)30-23(32)14-3-6-16(7-4-14)31-11-1-2-12-31/h5,8-10,13-14,16H,1-4,6-7,11-12H2,(H,30,32)(H,27,29,33). The van der Waals surface area contributed by atoms with Crippen LogP contribution in [-0.2, 0) is 4.79 Å². The van der Waals surface area contributed by atoms with Crippen LogP contribution in [0.15, 0.2) is 34.9 Å². The van der Waals surface area contributed by atoms with Crippen LogP contribution in [0.3, 0.4) is 0 Å². The van der Waals surface area contributed by atoms with Gasteiger partial charge in [0.05, 0.1) is 5.02 Å². The molecule has 2 amide bonds. The number of rotatable bonds is 5. The number of halogens is 2. The molecule has 5 rings (SSSR count). The van der Waals surface area contributed by atoms with Crippen molar-refractivity contribution in [2.24, 2.45) is 5.92 Å². The number of carbonyl (C=O) groups excluding carboxylic acids is 2. The Bertz CT molecular complexity index is 1200. The summed E-state index contributed by atoms with van der Waals surface area (Å²) in [5.74, 6) is -0.573. The molecule has 8 nitrogen and oxygen atoms in total. The van der Waals surface area contributed by atoms with E-state index < -0.39 is 5.91 Å². The fourth-order valence-electron chi connectivity index (χ4n) is 4.89. The molecule has 0 spiro atoms. The minimum atomic E-state index is -0.558. The summed E-state index contributed by atoms with van der Waals surface area (Å²) >= 11 is 12.0. The Labute approximate surface area is 207 Å². The van der Waals surface area contributed by atoms with E-state index in [2.05, 4.69) is 25.5 Å². The smallest absolute Gasteiger partial charge is 0.294 e. The Morgan fingerprint density at radius 1 is 1.00 bits per heavy atom. The predicted molar refractivity (Wildman–Crippen MR) is 131 cm³/mol. The Morgan fingerprint density at radius 3 is 2.47 bits per heavy atom. The van der Waals surface area contributed by atoms with E-state index in [1.54, 1.807) is 24.3 Å². The normalized spacial score (nSPS) is 21.0. The lowest BCUT2D eigenvalue weighted by Crippen LogP contribution is -2.38. The Kier molecular flexibility index (Phi) is 6.72. The number of furan rings is 1. The maximum absolute atomic E-state index is 13.2. The molecule has 0 aromatic carbocycles. The van der Waals surface area contributed by atoms with Crippen LogP contribution in [0.25, 0.3) is 11.1 Å². The van der Waals surface area contributed by atoms with Crippen molar-refractivity contribution in [2.45, 2.75) is 44.6 Å². The quantitative estimate of drug-likeness (QED) is 0.455. The second-order valence-electron chi connectivity index (χ2n) is 8.84. The minimum Gasteiger partial charge on any atom is -0.447 e. The third kappa shape index (κ3) is 4.89. The molecule has 4 heterocycles. The summed E-state index contributed by atoms with van der Waals surface area (Å²) in [7, 11) is 0. The van der Waals surface area contributed by atoms with Gasteiger partial charge in [-0.25, -0.2) is 9.97 Å². The van der Waals surface area contributed by atoms with Crippen molar-refractivity contribution >= 4 is 57.6 Å². The average Bonchev–Trinajstić information content (AvgIpc) is 3.49. The first-order valence-electron chi connectivity index (χ1n) is 11.5. The number of nitrogens with zero attached hydrogens (tertiary/aromatic N) is 3. The van der Waals surface area contributed by atoms with Crippen LogP contribution in [-0.4, -0.2) is 45.8 Å². The molecule has 3 aromatic rings. The molecular formula is C24H25Cl2N5O3. The fourth-order valence-corrected chi connectivity index (χ4v) is 5.15. The second-order valence-corrected chi connectivity index (χ2v) is 9.66. The molecule has 2 fully saturated rings. The maximum Gasteiger partial charge on any atom is 0.294 e. The number of pyridine rings is 2. The monoisotopic (exact) mass is 501 g/mol. The van der Waals surface area contributed by atoms with Gasteiger partial charge < -0.3 is 20.0 Å². The zero-order chi connectivity index (χ0) is 23.7. The summed E-state index contributed by atoms with van der Waals surface area (Å²) in [6.45, 7) is 2.33. The first-order chi connectivity index (χ1) is 16.5. The van der Waals surface area contributed by atoms with Crippen LogP contribution < -0.4 is 10.6 Å². The number of amides is 2. The van der Waals surface area contributed by atoms with E-state index in [4.69, 9.17) is 27.6 Å². The van der Waals surface area contributed by atoms with Crippen molar-refractivity contribution in [3.05, 3.63) is 46.4 Å². The largest absolute Gasteiger partial charge is 0.447 e. The summed E-state index contributed by atoms with van der Waals surface area (Å²) < 4.78 is 5.78. The summed E-state index contributed by atoms with van der Waals surface area (Å²) in [4.78, 5) is 37.2. The summed E-state index contributed by atoms with van der Waals surface area (Å²) in [5, 5.41) is 6.28. The molecule has 1 saturated carbocycles. The highest BCUT2D eigenvalue weighted by molar-refractivity contribution is 6.30. The Morgan fingerprint density at radius 2 is 1.76 bits per heavy atom. The maximum atomic E-state index is 13.2. The first kappa shape index (κ1) is 23.1. The SMILES string of the molecule is O=C(Nc1ccc(Cl)cn1)c1oc2ccc(Cl)nc2c1NC(=O)C1CCC(N2CCCC2)CC1. The van der Waals surface area contributed by atoms with Crippen LogP contribution in [0.1, 0.15) is 49.1 Å². The predicted octanol–water partition coefficient (Wildman–Crippen LogP) is 5.38. The highest BCUT2D eigenvalue weighted by atomic mass is 35.5. The third-order valence-corrected chi connectivity index (χ3v) is 7.08. The molecule has 1 saturated heterocycles. The molecule has 10 heteroatoms. The van der Waals surface area contributed by atoms with Crippen molar-refractivity contribution < 1.29 is 14.0 Å². The van der Waals surface area contributed by atoms with E-state index in [9.17, 15) is 9.59 Å². The van der Waals surface area contributed by atoms with Gasteiger partial charge in [0, 0.05) is 18.2 Å². The van der Waals surface area contributed by atoms with Crippen LogP contribution in [0.4, 0.5) is 11.5 Å². The van der Waals surface area contributed by atoms with Crippen LogP contribution in [0.2, 0.25) is 10.2 Å². The molecule has 1 aliphatic carbocycles. The molecule has 2 aliphatic rings. The lowest BCUT2D eigenvalue weighted by molar-refractivity contribution is -0.121. The number of likely N-dealkylation sites (tertiary alicyclic amines) is 1. The molecule has 2 N–H and O–H groups in total. The number of anilines is 2. The van der Waals surface area contributed by atoms with Gasteiger partial charge in [-0.1, -0.05) is 23.2 Å². The molecule has 0 bridgehead atoms. The molecule has 1 aliphatic heterocycles. The summed E-state index contributed by atoms with van der Waals surface area (Å²) in [6, 6.07) is 6.95. The van der Waals surface area contributed by atoms with Crippen molar-refractivity contribution in [1.29, 1.82) is 0 Å². The first-order valence-corrected chi connectivity index (χ1v) is 12.3. The van der Waals surface area contributed by atoms with Gasteiger partial charge in [-0.2, -0.15) is 0 Å². The van der Waals surface area contributed by atoms with Crippen LogP contribution >= 0.6 is 23.2 Å².